The van der Waals surface area contributed by atoms with Crippen LogP contribution >= 0.6 is 15.9 Å². The van der Waals surface area contributed by atoms with Crippen molar-refractivity contribution < 1.29 is 28.3 Å². The van der Waals surface area contributed by atoms with Crippen LogP contribution in [0.5, 0.6) is 23.0 Å². The number of benzene rings is 5. The van der Waals surface area contributed by atoms with Gasteiger partial charge >= 0.3 is 0 Å². The van der Waals surface area contributed by atoms with E-state index < -0.39 is 15.5 Å². The average molecular weight is 783 g/mol. The number of aromatic hydroxyl groups is 2. The smallest absolute Gasteiger partial charge is 0.140 e. The molecule has 2 heterocycles. The van der Waals surface area contributed by atoms with Crippen molar-refractivity contribution in [2.24, 2.45) is 4.36 Å². The van der Waals surface area contributed by atoms with Crippen LogP contribution in [0, 0.1) is 5.82 Å². The van der Waals surface area contributed by atoms with E-state index in [2.05, 4.69) is 40.9 Å². The number of aromatic nitrogens is 2. The Morgan fingerprint density at radius 3 is 1.81 bits per heavy atom. The first-order valence-corrected chi connectivity index (χ1v) is 18.4. The largest absolute Gasteiger partial charge is 0.508 e. The van der Waals surface area contributed by atoms with E-state index in [1.54, 1.807) is 80.2 Å². The maximum absolute atomic E-state index is 14.2. The summed E-state index contributed by atoms with van der Waals surface area (Å²) in [4.78, 5) is 8.76. The highest BCUT2D eigenvalue weighted by Gasteiger charge is 2.13. The summed E-state index contributed by atoms with van der Waals surface area (Å²) in [5, 5.41) is 27.9. The van der Waals surface area contributed by atoms with Gasteiger partial charge in [-0.1, -0.05) is 28.1 Å². The van der Waals surface area contributed by atoms with Crippen LogP contribution in [-0.4, -0.2) is 44.9 Å². The molecule has 2 aromatic heterocycles. The first-order valence-electron chi connectivity index (χ1n) is 15.7. The lowest BCUT2D eigenvalue weighted by molar-refractivity contribution is 0.407. The van der Waals surface area contributed by atoms with Crippen molar-refractivity contribution in [1.82, 2.24) is 9.97 Å². The van der Waals surface area contributed by atoms with E-state index in [0.29, 0.717) is 34.1 Å². The molecule has 0 amide bonds. The highest BCUT2D eigenvalue weighted by molar-refractivity contribution is 9.10. The quantitative estimate of drug-likeness (QED) is 0.119. The van der Waals surface area contributed by atoms with E-state index in [1.165, 1.54) is 31.6 Å². The molecular weight excluding hydrogens is 749 g/mol. The van der Waals surface area contributed by atoms with Gasteiger partial charge in [0.15, 0.2) is 0 Å². The molecule has 0 bridgehead atoms. The molecule has 0 aliphatic carbocycles. The van der Waals surface area contributed by atoms with E-state index in [9.17, 15) is 18.8 Å². The lowest BCUT2D eigenvalue weighted by Crippen LogP contribution is -2.00. The molecule has 52 heavy (non-hydrogen) atoms. The third-order valence-electron chi connectivity index (χ3n) is 7.77. The first kappa shape index (κ1) is 35.9. The van der Waals surface area contributed by atoms with Gasteiger partial charge in [0.25, 0.3) is 0 Å². The Morgan fingerprint density at radius 2 is 1.25 bits per heavy atom. The Kier molecular flexibility index (Phi) is 10.7. The molecule has 264 valence electrons. The van der Waals surface area contributed by atoms with Crippen LogP contribution in [0.2, 0.25) is 0 Å². The van der Waals surface area contributed by atoms with E-state index in [0.717, 1.165) is 32.1 Å². The number of hydrogen-bond acceptors (Lipinski definition) is 10. The summed E-state index contributed by atoms with van der Waals surface area (Å²) in [7, 11) is 0.0974. The fourth-order valence-electron chi connectivity index (χ4n) is 5.39. The summed E-state index contributed by atoms with van der Waals surface area (Å²) in [6.45, 7) is 0. The Morgan fingerprint density at radius 1 is 0.712 bits per heavy atom. The maximum atomic E-state index is 14.2. The monoisotopic (exact) mass is 781 g/mol. The molecule has 7 rings (SSSR count). The van der Waals surface area contributed by atoms with Gasteiger partial charge in [0.2, 0.25) is 0 Å². The zero-order valence-corrected chi connectivity index (χ0v) is 30.6. The second kappa shape index (κ2) is 15.5. The van der Waals surface area contributed by atoms with Crippen molar-refractivity contribution in [3.8, 4) is 23.0 Å². The number of phenols is 2. The van der Waals surface area contributed by atoms with Gasteiger partial charge in [-0.2, -0.15) is 4.36 Å². The molecule has 0 saturated carbocycles. The fourth-order valence-corrected chi connectivity index (χ4v) is 7.12. The van der Waals surface area contributed by atoms with Crippen molar-refractivity contribution in [1.29, 1.82) is 0 Å². The summed E-state index contributed by atoms with van der Waals surface area (Å²) < 4.78 is 42.9. The average Bonchev–Trinajstić information content (AvgIpc) is 3.12. The van der Waals surface area contributed by atoms with E-state index in [-0.39, 0.29) is 16.4 Å². The Bertz CT molecular complexity index is 2540. The van der Waals surface area contributed by atoms with Gasteiger partial charge in [-0.25, -0.2) is 8.60 Å². The highest BCUT2D eigenvalue weighted by Crippen LogP contribution is 2.34. The normalized spacial score (nSPS) is 11.9. The van der Waals surface area contributed by atoms with E-state index in [1.807, 2.05) is 30.3 Å². The predicted molar refractivity (Wildman–Crippen MR) is 208 cm³/mol. The third kappa shape index (κ3) is 8.50. The van der Waals surface area contributed by atoms with Crippen LogP contribution in [0.1, 0.15) is 0 Å². The molecule has 0 spiro atoms. The summed E-state index contributed by atoms with van der Waals surface area (Å²) in [5.41, 5.74) is 5.03. The molecule has 0 fully saturated rings. The number of phenolic OH excluding ortho intramolecular Hbond substituents is 2. The number of nitrogens with zero attached hydrogens (tertiary/aromatic N) is 3. The molecular formula is C39H33BrFN5O5S. The van der Waals surface area contributed by atoms with Crippen LogP contribution in [0.15, 0.2) is 135 Å². The summed E-state index contributed by atoms with van der Waals surface area (Å²) in [5.74, 6) is 0.758. The van der Waals surface area contributed by atoms with Crippen molar-refractivity contribution in [2.45, 2.75) is 4.90 Å². The third-order valence-corrected chi connectivity index (χ3v) is 9.96. The van der Waals surface area contributed by atoms with Gasteiger partial charge in [-0.05, 0) is 60.7 Å². The molecule has 0 radical (unpaired) electrons. The zero-order chi connectivity index (χ0) is 36.8. The van der Waals surface area contributed by atoms with Crippen molar-refractivity contribution in [2.75, 3.05) is 31.1 Å². The Labute approximate surface area is 308 Å². The maximum Gasteiger partial charge on any atom is 0.140 e. The number of halogens is 2. The summed E-state index contributed by atoms with van der Waals surface area (Å²) in [6.07, 6.45) is 4.82. The minimum Gasteiger partial charge on any atom is -0.508 e. The van der Waals surface area contributed by atoms with Crippen LogP contribution in [0.4, 0.5) is 32.8 Å². The van der Waals surface area contributed by atoms with Crippen LogP contribution in [0.3, 0.4) is 0 Å². The number of rotatable bonds is 8. The molecule has 4 N–H and O–H groups in total. The van der Waals surface area contributed by atoms with Gasteiger partial charge in [-0.3, -0.25) is 9.97 Å². The Hall–Kier alpha value is -5.92. The van der Waals surface area contributed by atoms with Crippen LogP contribution in [-0.2, 0) is 9.73 Å². The van der Waals surface area contributed by atoms with Crippen LogP contribution < -0.4 is 20.1 Å². The summed E-state index contributed by atoms with van der Waals surface area (Å²) >= 11 is 3.47. The second-order valence-electron chi connectivity index (χ2n) is 11.5. The molecule has 1 unspecified atom stereocenters. The predicted octanol–water partition coefficient (Wildman–Crippen LogP) is 10.1. The topological polar surface area (TPSA) is 138 Å². The SMILES string of the molecule is COc1cc(O)cc(Nc2ccnc3ccc(Br)cc23)c1.COc1cc(O)cc(Nc2ccnc3ccc(N=S(C)(=O)c4ccccc4F)cc23)c1. The van der Waals surface area contributed by atoms with Gasteiger partial charge in [0, 0.05) is 93.0 Å². The number of fused-ring (bicyclic) bond motifs is 2. The van der Waals surface area contributed by atoms with Gasteiger partial charge in [0.05, 0.1) is 45.6 Å². The molecule has 7 aromatic rings. The van der Waals surface area contributed by atoms with Crippen molar-refractivity contribution >= 4 is 75.9 Å². The highest BCUT2D eigenvalue weighted by atomic mass is 79.9. The van der Waals surface area contributed by atoms with Crippen molar-refractivity contribution in [3.63, 3.8) is 0 Å². The molecule has 1 atom stereocenters. The van der Waals surface area contributed by atoms with Gasteiger partial charge in [0.1, 0.15) is 28.8 Å². The number of pyridine rings is 2. The molecule has 10 nitrogen and oxygen atoms in total. The lowest BCUT2D eigenvalue weighted by atomic mass is 10.1. The minimum absolute atomic E-state index is 0.0616. The minimum atomic E-state index is -2.99. The van der Waals surface area contributed by atoms with Gasteiger partial charge in [-0.15, -0.1) is 0 Å². The summed E-state index contributed by atoms with van der Waals surface area (Å²) in [6, 6.07) is 30.6. The number of nitrogens with one attached hydrogen (secondary N) is 2. The second-order valence-corrected chi connectivity index (χ2v) is 14.6. The number of anilines is 4. The number of methoxy groups -OCH3 is 2. The lowest BCUT2D eigenvalue weighted by Gasteiger charge is -2.12. The molecule has 0 aliphatic heterocycles. The van der Waals surface area contributed by atoms with E-state index in [4.69, 9.17) is 9.47 Å². The zero-order valence-electron chi connectivity index (χ0n) is 28.2. The number of ether oxygens (including phenoxy) is 2. The number of hydrogen-bond donors (Lipinski definition) is 4. The molecule has 5 aromatic carbocycles. The fraction of sp³-hybridized carbons (Fsp3) is 0.0769. The Balaban J connectivity index is 0.000000192. The van der Waals surface area contributed by atoms with Crippen LogP contribution in [0.25, 0.3) is 21.8 Å². The first-order chi connectivity index (χ1) is 25.0. The van der Waals surface area contributed by atoms with Gasteiger partial charge < -0.3 is 30.3 Å². The van der Waals surface area contributed by atoms with E-state index >= 15 is 0 Å². The van der Waals surface area contributed by atoms with Crippen molar-refractivity contribution in [3.05, 3.63) is 132 Å². The molecule has 13 heteroatoms. The molecule has 0 aliphatic rings. The molecule has 0 saturated heterocycles. The standard InChI is InChI=1S/C23H20FN3O3S.C16H13BrN2O2/c1-30-18-12-16(11-17(28)14-18)26-22-9-10-25-21-8-7-15(13-19(21)22)27-31(2,29)23-6-4-3-5-20(23)24;1-21-13-8-11(7-12(20)9-13)19-16-4-5-18-15-3-2-10(17)6-14(15)16/h3-14,28H,1-2H3,(H,25,26);2-9,20H,1H3,(H,18,19).